The summed E-state index contributed by atoms with van der Waals surface area (Å²) in [6.07, 6.45) is 5.84. The third-order valence-electron chi connectivity index (χ3n) is 4.88. The van der Waals surface area contributed by atoms with Crippen LogP contribution in [0.1, 0.15) is 24.8 Å². The van der Waals surface area contributed by atoms with Crippen LogP contribution in [0.25, 0.3) is 0 Å². The average molecular weight is 226 g/mol. The lowest BCUT2D eigenvalue weighted by molar-refractivity contribution is 0.456. The minimum Gasteiger partial charge on any atom is -0.364 e. The molecular formula is C13H14N4. The maximum Gasteiger partial charge on any atom is 0.166 e. The normalized spacial score (nSPS) is 40.8. The Morgan fingerprint density at radius 3 is 2.76 bits per heavy atom. The topological polar surface area (TPSA) is 61.6 Å². The van der Waals surface area contributed by atoms with Crippen LogP contribution in [0.15, 0.2) is 12.3 Å². The molecule has 3 saturated carbocycles. The fourth-order valence-corrected chi connectivity index (χ4v) is 4.20. The molecule has 0 radical (unpaired) electrons. The zero-order chi connectivity index (χ0) is 11.4. The fraction of sp³-hybridized carbons (Fsp3) is 0.615. The van der Waals surface area contributed by atoms with Gasteiger partial charge in [0.15, 0.2) is 5.82 Å². The van der Waals surface area contributed by atoms with Crippen LogP contribution in [0, 0.1) is 35.0 Å². The van der Waals surface area contributed by atoms with E-state index in [1.54, 1.807) is 12.3 Å². The van der Waals surface area contributed by atoms with E-state index in [2.05, 4.69) is 21.6 Å². The van der Waals surface area contributed by atoms with Crippen LogP contribution in [0.2, 0.25) is 0 Å². The van der Waals surface area contributed by atoms with Crippen molar-refractivity contribution in [3.05, 3.63) is 17.8 Å². The molecule has 1 aromatic rings. The lowest BCUT2D eigenvalue weighted by Crippen LogP contribution is -2.14. The van der Waals surface area contributed by atoms with Crippen LogP contribution in [0.4, 0.5) is 5.82 Å². The highest BCUT2D eigenvalue weighted by Crippen LogP contribution is 2.66. The predicted octanol–water partition coefficient (Wildman–Crippen LogP) is 1.80. The quantitative estimate of drug-likeness (QED) is 0.835. The molecule has 4 heteroatoms. The second-order valence-corrected chi connectivity index (χ2v) is 5.56. The Morgan fingerprint density at radius 2 is 2.06 bits per heavy atom. The van der Waals surface area contributed by atoms with Crippen molar-refractivity contribution in [2.24, 2.45) is 23.7 Å². The second kappa shape index (κ2) is 3.19. The molecule has 1 heterocycles. The van der Waals surface area contributed by atoms with Crippen LogP contribution in [0.3, 0.4) is 0 Å². The van der Waals surface area contributed by atoms with Gasteiger partial charge in [-0.15, -0.1) is 5.10 Å². The van der Waals surface area contributed by atoms with E-state index in [1.807, 2.05) is 0 Å². The standard InChI is InChI=1S/C13H14N4/c14-6-9-3-4-15-17-13(9)16-12-10-7-1-2-8(5-7)11(10)12/h3-4,7-8,10-12H,1-2,5H2,(H,16,17). The minimum atomic E-state index is 0.560. The van der Waals surface area contributed by atoms with Crippen molar-refractivity contribution in [1.29, 1.82) is 5.26 Å². The van der Waals surface area contributed by atoms with Gasteiger partial charge in [0, 0.05) is 6.04 Å². The summed E-state index contributed by atoms with van der Waals surface area (Å²) >= 11 is 0. The van der Waals surface area contributed by atoms with Gasteiger partial charge in [0.05, 0.1) is 11.8 Å². The third kappa shape index (κ3) is 1.22. The Labute approximate surface area is 100 Å². The SMILES string of the molecule is N#Cc1ccnnc1NC1C2C3CCC(C3)C12. The van der Waals surface area contributed by atoms with E-state index in [0.717, 1.165) is 23.7 Å². The maximum absolute atomic E-state index is 9.01. The summed E-state index contributed by atoms with van der Waals surface area (Å²) in [6, 6.07) is 4.45. The molecule has 3 aliphatic rings. The number of rotatable bonds is 2. The first kappa shape index (κ1) is 9.41. The molecule has 86 valence electrons. The van der Waals surface area contributed by atoms with Crippen molar-refractivity contribution >= 4 is 5.82 Å². The van der Waals surface area contributed by atoms with E-state index in [-0.39, 0.29) is 0 Å². The van der Waals surface area contributed by atoms with Gasteiger partial charge in [-0.25, -0.2) is 0 Å². The Balaban J connectivity index is 1.55. The molecule has 0 amide bonds. The third-order valence-corrected chi connectivity index (χ3v) is 4.88. The molecule has 4 nitrogen and oxygen atoms in total. The van der Waals surface area contributed by atoms with Gasteiger partial charge in [0.25, 0.3) is 0 Å². The summed E-state index contributed by atoms with van der Waals surface area (Å²) in [7, 11) is 0. The van der Waals surface area contributed by atoms with Gasteiger partial charge in [-0.05, 0) is 49.0 Å². The fourth-order valence-electron chi connectivity index (χ4n) is 4.20. The molecule has 0 aliphatic heterocycles. The first-order chi connectivity index (χ1) is 8.38. The van der Waals surface area contributed by atoms with Crippen molar-refractivity contribution in [3.63, 3.8) is 0 Å². The largest absolute Gasteiger partial charge is 0.364 e. The molecule has 3 fully saturated rings. The number of fused-ring (bicyclic) bond motifs is 5. The Kier molecular flexibility index (Phi) is 1.77. The monoisotopic (exact) mass is 226 g/mol. The smallest absolute Gasteiger partial charge is 0.166 e. The molecule has 4 rings (SSSR count). The van der Waals surface area contributed by atoms with E-state index in [1.165, 1.54) is 19.3 Å². The molecule has 0 saturated heterocycles. The van der Waals surface area contributed by atoms with E-state index in [0.29, 0.717) is 17.4 Å². The molecule has 2 bridgehead atoms. The second-order valence-electron chi connectivity index (χ2n) is 5.56. The van der Waals surface area contributed by atoms with Crippen molar-refractivity contribution < 1.29 is 0 Å². The summed E-state index contributed by atoms with van der Waals surface area (Å²) in [5, 5.41) is 20.4. The van der Waals surface area contributed by atoms with Crippen LogP contribution in [-0.2, 0) is 0 Å². The number of anilines is 1. The van der Waals surface area contributed by atoms with Gasteiger partial charge in [0.2, 0.25) is 0 Å². The van der Waals surface area contributed by atoms with Gasteiger partial charge >= 0.3 is 0 Å². The van der Waals surface area contributed by atoms with Gasteiger partial charge in [-0.1, -0.05) is 0 Å². The molecule has 0 aromatic carbocycles. The number of aromatic nitrogens is 2. The van der Waals surface area contributed by atoms with Crippen LogP contribution < -0.4 is 5.32 Å². The summed E-state index contributed by atoms with van der Waals surface area (Å²) in [4.78, 5) is 0. The number of hydrogen-bond acceptors (Lipinski definition) is 4. The number of nitriles is 1. The number of hydrogen-bond donors (Lipinski definition) is 1. The molecule has 4 atom stereocenters. The zero-order valence-electron chi connectivity index (χ0n) is 9.50. The molecular weight excluding hydrogens is 212 g/mol. The highest BCUT2D eigenvalue weighted by atomic mass is 15.2. The Hall–Kier alpha value is -1.63. The first-order valence-electron chi connectivity index (χ1n) is 6.37. The first-order valence-corrected chi connectivity index (χ1v) is 6.37. The van der Waals surface area contributed by atoms with Gasteiger partial charge in [-0.2, -0.15) is 10.4 Å². The predicted molar refractivity (Wildman–Crippen MR) is 62.0 cm³/mol. The molecule has 0 spiro atoms. The molecule has 3 aliphatic carbocycles. The molecule has 17 heavy (non-hydrogen) atoms. The van der Waals surface area contributed by atoms with Crippen molar-refractivity contribution in [1.82, 2.24) is 10.2 Å². The van der Waals surface area contributed by atoms with E-state index in [9.17, 15) is 0 Å². The van der Waals surface area contributed by atoms with Crippen molar-refractivity contribution in [2.75, 3.05) is 5.32 Å². The summed E-state index contributed by atoms with van der Waals surface area (Å²) < 4.78 is 0. The highest BCUT2D eigenvalue weighted by Gasteiger charge is 2.65. The average Bonchev–Trinajstić information content (AvgIpc) is 2.77. The van der Waals surface area contributed by atoms with Gasteiger partial charge in [0.1, 0.15) is 6.07 Å². The maximum atomic E-state index is 9.01. The van der Waals surface area contributed by atoms with Gasteiger partial charge < -0.3 is 5.32 Å². The Morgan fingerprint density at radius 1 is 1.29 bits per heavy atom. The lowest BCUT2D eigenvalue weighted by Gasteiger charge is -2.11. The van der Waals surface area contributed by atoms with E-state index >= 15 is 0 Å². The summed E-state index contributed by atoms with van der Waals surface area (Å²) in [5.74, 6) is 4.24. The highest BCUT2D eigenvalue weighted by molar-refractivity contribution is 5.52. The molecule has 4 unspecified atom stereocenters. The Bertz CT molecular complexity index is 490. The van der Waals surface area contributed by atoms with Crippen LogP contribution in [0.5, 0.6) is 0 Å². The van der Waals surface area contributed by atoms with E-state index in [4.69, 9.17) is 5.26 Å². The number of nitrogens with one attached hydrogen (secondary N) is 1. The van der Waals surface area contributed by atoms with Crippen LogP contribution >= 0.6 is 0 Å². The zero-order valence-corrected chi connectivity index (χ0v) is 9.50. The van der Waals surface area contributed by atoms with Gasteiger partial charge in [-0.3, -0.25) is 0 Å². The molecule has 1 N–H and O–H groups in total. The van der Waals surface area contributed by atoms with Crippen molar-refractivity contribution in [3.8, 4) is 6.07 Å². The molecule has 1 aromatic heterocycles. The van der Waals surface area contributed by atoms with Crippen LogP contribution in [-0.4, -0.2) is 16.2 Å². The number of nitrogens with zero attached hydrogens (tertiary/aromatic N) is 3. The van der Waals surface area contributed by atoms with Crippen molar-refractivity contribution in [2.45, 2.75) is 25.3 Å². The summed E-state index contributed by atoms with van der Waals surface area (Å²) in [6.45, 7) is 0. The minimum absolute atomic E-state index is 0.560. The van der Waals surface area contributed by atoms with E-state index < -0.39 is 0 Å². The lowest BCUT2D eigenvalue weighted by atomic mass is 10.0. The summed E-state index contributed by atoms with van der Waals surface area (Å²) in [5.41, 5.74) is 0.609.